The van der Waals surface area contributed by atoms with Gasteiger partial charge in [-0.15, -0.1) is 0 Å². The van der Waals surface area contributed by atoms with E-state index < -0.39 is 10.1 Å². The van der Waals surface area contributed by atoms with Crippen LogP contribution in [0.15, 0.2) is 52.5 Å². The standard InChI is InChI=1S/C13H10N4O4S/c1-21-13-8-10(4-7-12(13)15-14)17-16-9-2-5-11(6-3-9)22(18,19)20/h2-8H,1H3/p+1. The topological polar surface area (TPSA) is 121 Å². The zero-order valence-corrected chi connectivity index (χ0v) is 12.2. The molecule has 0 heterocycles. The minimum absolute atomic E-state index is 0.270. The van der Waals surface area contributed by atoms with Gasteiger partial charge >= 0.3 is 5.69 Å². The van der Waals surface area contributed by atoms with Crippen LogP contribution in [0.2, 0.25) is 0 Å². The predicted molar refractivity (Wildman–Crippen MR) is 74.9 cm³/mol. The minimum atomic E-state index is -4.46. The SMILES string of the molecule is COc1cc(N=[NH+]c2ccc(S(=O)(=O)[O-])cc2)ccc1[N+]#N. The Morgan fingerprint density at radius 3 is 2.45 bits per heavy atom. The number of methoxy groups -OCH3 is 1. The van der Waals surface area contributed by atoms with E-state index in [4.69, 9.17) is 10.1 Å². The third-order valence-electron chi connectivity index (χ3n) is 2.73. The molecule has 0 atom stereocenters. The van der Waals surface area contributed by atoms with Crippen LogP contribution in [0.1, 0.15) is 0 Å². The van der Waals surface area contributed by atoms with Crippen LogP contribution >= 0.6 is 0 Å². The van der Waals surface area contributed by atoms with E-state index in [1.165, 1.54) is 37.4 Å². The summed E-state index contributed by atoms with van der Waals surface area (Å²) in [5.74, 6) is 0.346. The molecule has 0 bridgehead atoms. The van der Waals surface area contributed by atoms with Crippen LogP contribution < -0.4 is 9.85 Å². The molecule has 0 unspecified atom stereocenters. The Morgan fingerprint density at radius 2 is 1.91 bits per heavy atom. The van der Waals surface area contributed by atoms with Gasteiger partial charge in [0.15, 0.2) is 4.98 Å². The molecule has 0 saturated carbocycles. The van der Waals surface area contributed by atoms with Gasteiger partial charge in [-0.2, -0.15) is 0 Å². The van der Waals surface area contributed by atoms with Crippen molar-refractivity contribution in [3.63, 3.8) is 0 Å². The van der Waals surface area contributed by atoms with Crippen molar-refractivity contribution < 1.29 is 22.8 Å². The highest BCUT2D eigenvalue weighted by Crippen LogP contribution is 2.30. The van der Waals surface area contributed by atoms with Gasteiger partial charge in [-0.25, -0.2) is 8.42 Å². The molecule has 22 heavy (non-hydrogen) atoms. The number of hydrogen-bond acceptors (Lipinski definition) is 6. The number of benzene rings is 2. The summed E-state index contributed by atoms with van der Waals surface area (Å²) in [7, 11) is -3.03. The van der Waals surface area contributed by atoms with Gasteiger partial charge in [-0.05, 0) is 23.3 Å². The van der Waals surface area contributed by atoms with Crippen molar-refractivity contribution in [2.45, 2.75) is 4.90 Å². The van der Waals surface area contributed by atoms with Gasteiger partial charge in [-0.3, -0.25) is 0 Å². The Hall–Kier alpha value is -2.83. The number of diazo groups is 1. The lowest BCUT2D eigenvalue weighted by Gasteiger charge is -2.04. The van der Waals surface area contributed by atoms with Gasteiger partial charge in [0.25, 0.3) is 0 Å². The molecule has 9 heteroatoms. The highest BCUT2D eigenvalue weighted by Gasteiger charge is 2.15. The number of ether oxygens (including phenoxy) is 1. The fourth-order valence-electron chi connectivity index (χ4n) is 1.64. The number of rotatable bonds is 4. The molecule has 0 radical (unpaired) electrons. The summed E-state index contributed by atoms with van der Waals surface area (Å²) < 4.78 is 37.5. The van der Waals surface area contributed by atoms with E-state index in [-0.39, 0.29) is 10.6 Å². The van der Waals surface area contributed by atoms with E-state index in [0.29, 0.717) is 17.1 Å². The maximum absolute atomic E-state index is 10.8. The van der Waals surface area contributed by atoms with E-state index in [1.807, 2.05) is 0 Å². The number of nitrogens with one attached hydrogen (secondary N) is 1. The molecule has 0 aliphatic carbocycles. The third kappa shape index (κ3) is 3.63. The molecule has 8 nitrogen and oxygen atoms in total. The summed E-state index contributed by atoms with van der Waals surface area (Å²) in [5.41, 5.74) is 1.28. The fourth-order valence-corrected chi connectivity index (χ4v) is 2.11. The van der Waals surface area contributed by atoms with Gasteiger partial charge in [0.2, 0.25) is 16.8 Å². The zero-order valence-electron chi connectivity index (χ0n) is 11.4. The summed E-state index contributed by atoms with van der Waals surface area (Å²) in [6, 6.07) is 9.89. The van der Waals surface area contributed by atoms with E-state index in [9.17, 15) is 13.0 Å². The lowest BCUT2D eigenvalue weighted by molar-refractivity contribution is -0.433. The second-order valence-corrected chi connectivity index (χ2v) is 5.54. The molecule has 0 saturated heterocycles. The van der Waals surface area contributed by atoms with Crippen molar-refractivity contribution in [2.75, 3.05) is 7.11 Å². The molecule has 0 amide bonds. The Balaban J connectivity index is 2.24. The first-order chi connectivity index (χ1) is 10.4. The van der Waals surface area contributed by atoms with Crippen LogP contribution in [0, 0.1) is 5.39 Å². The quantitative estimate of drug-likeness (QED) is 0.521. The second kappa shape index (κ2) is 6.30. The van der Waals surface area contributed by atoms with E-state index >= 15 is 0 Å². The maximum atomic E-state index is 10.8. The number of nitrogens with zero attached hydrogens (tertiary/aromatic N) is 3. The fraction of sp³-hybridized carbons (Fsp3) is 0.0769. The predicted octanol–water partition coefficient (Wildman–Crippen LogP) is 1.58. The highest BCUT2D eigenvalue weighted by molar-refractivity contribution is 7.85. The summed E-state index contributed by atoms with van der Waals surface area (Å²) in [6.45, 7) is 0. The monoisotopic (exact) mass is 319 g/mol. The minimum Gasteiger partial charge on any atom is -0.744 e. The van der Waals surface area contributed by atoms with Gasteiger partial charge < -0.3 is 9.29 Å². The van der Waals surface area contributed by atoms with E-state index in [2.05, 4.69) is 15.2 Å². The Bertz CT molecular complexity index is 855. The molecule has 0 aromatic heterocycles. The first-order valence-corrected chi connectivity index (χ1v) is 7.40. The summed E-state index contributed by atoms with van der Waals surface area (Å²) in [5, 5.41) is 15.5. The average Bonchev–Trinajstić information content (AvgIpc) is 2.52. The molecule has 0 aliphatic heterocycles. The van der Waals surface area contributed by atoms with Crippen molar-refractivity contribution >= 4 is 27.2 Å². The first kappa shape index (κ1) is 15.6. The largest absolute Gasteiger partial charge is 0.744 e. The van der Waals surface area contributed by atoms with Crippen LogP contribution in [-0.4, -0.2) is 20.1 Å². The number of azo groups is 1. The Morgan fingerprint density at radius 1 is 1.23 bits per heavy atom. The van der Waals surface area contributed by atoms with Crippen LogP contribution in [0.4, 0.5) is 17.1 Å². The lowest BCUT2D eigenvalue weighted by atomic mass is 10.2. The lowest BCUT2D eigenvalue weighted by Crippen LogP contribution is -2.57. The maximum Gasteiger partial charge on any atom is 0.426 e. The number of hydrogen-bond donors (Lipinski definition) is 1. The van der Waals surface area contributed by atoms with Crippen LogP contribution in [0.3, 0.4) is 0 Å². The zero-order chi connectivity index (χ0) is 16.2. The molecular formula is C13H11N4O4S+. The van der Waals surface area contributed by atoms with Crippen molar-refractivity contribution in [1.82, 2.24) is 0 Å². The summed E-state index contributed by atoms with van der Waals surface area (Å²) >= 11 is 0. The third-order valence-corrected chi connectivity index (χ3v) is 3.58. The smallest absolute Gasteiger partial charge is 0.426 e. The first-order valence-electron chi connectivity index (χ1n) is 6.00. The molecule has 112 valence electrons. The molecule has 0 spiro atoms. The molecular weight excluding hydrogens is 308 g/mol. The van der Waals surface area contributed by atoms with Crippen LogP contribution in [-0.2, 0) is 10.1 Å². The van der Waals surface area contributed by atoms with Gasteiger partial charge in [0.1, 0.15) is 15.8 Å². The second-order valence-electron chi connectivity index (χ2n) is 4.16. The van der Waals surface area contributed by atoms with Crippen molar-refractivity contribution in [2.24, 2.45) is 5.11 Å². The molecule has 2 rings (SSSR count). The van der Waals surface area contributed by atoms with Crippen molar-refractivity contribution in [3.8, 4) is 5.75 Å². The van der Waals surface area contributed by atoms with Crippen molar-refractivity contribution in [3.05, 3.63) is 47.4 Å². The van der Waals surface area contributed by atoms with E-state index in [0.717, 1.165) is 0 Å². The molecule has 0 fully saturated rings. The normalized spacial score (nSPS) is 11.3. The van der Waals surface area contributed by atoms with E-state index in [1.54, 1.807) is 12.1 Å². The molecule has 0 aliphatic rings. The summed E-state index contributed by atoms with van der Waals surface area (Å²) in [6.07, 6.45) is 0. The molecule has 2 aromatic rings. The average molecular weight is 319 g/mol. The highest BCUT2D eigenvalue weighted by atomic mass is 32.2. The van der Waals surface area contributed by atoms with Gasteiger partial charge in [0.05, 0.1) is 12.0 Å². The van der Waals surface area contributed by atoms with Crippen LogP contribution in [0.25, 0.3) is 4.98 Å². The van der Waals surface area contributed by atoms with Gasteiger partial charge in [-0.1, -0.05) is 5.11 Å². The molecule has 1 N–H and O–H groups in total. The van der Waals surface area contributed by atoms with Crippen molar-refractivity contribution in [1.29, 1.82) is 5.39 Å². The van der Waals surface area contributed by atoms with Crippen LogP contribution in [0.5, 0.6) is 5.75 Å². The molecule has 2 aromatic carbocycles. The van der Waals surface area contributed by atoms with Gasteiger partial charge in [0, 0.05) is 24.3 Å². The Kier molecular flexibility index (Phi) is 4.45. The summed E-state index contributed by atoms with van der Waals surface area (Å²) in [4.78, 5) is 2.75. The Labute approximate surface area is 126 Å².